The highest BCUT2D eigenvalue weighted by Gasteiger charge is 2.38. The molecule has 0 fully saturated rings. The summed E-state index contributed by atoms with van der Waals surface area (Å²) in [6.45, 7) is 1.27. The van der Waals surface area contributed by atoms with Crippen LogP contribution < -0.4 is 0 Å². The van der Waals surface area contributed by atoms with Crippen molar-refractivity contribution in [2.24, 2.45) is 0 Å². The highest BCUT2D eigenvalue weighted by Crippen LogP contribution is 2.29. The third kappa shape index (κ3) is 3.48. The van der Waals surface area contributed by atoms with Crippen LogP contribution in [-0.2, 0) is 11.2 Å². The SMILES string of the molecule is CC(=O)C(Cl)(Cl)C(O)CCc1ccccc1. The lowest BCUT2D eigenvalue weighted by molar-refractivity contribution is -0.119. The first-order chi connectivity index (χ1) is 7.44. The van der Waals surface area contributed by atoms with Gasteiger partial charge in [-0.15, -0.1) is 0 Å². The molecule has 1 unspecified atom stereocenters. The molecule has 16 heavy (non-hydrogen) atoms. The van der Waals surface area contributed by atoms with Crippen LogP contribution in [-0.4, -0.2) is 21.3 Å². The molecule has 0 aliphatic heterocycles. The maximum Gasteiger partial charge on any atom is 0.201 e. The number of Topliss-reactive ketones (excluding diaryl/α,β-unsaturated/α-hetero) is 1. The highest BCUT2D eigenvalue weighted by atomic mass is 35.5. The average molecular weight is 261 g/mol. The first-order valence-electron chi connectivity index (χ1n) is 5.05. The van der Waals surface area contributed by atoms with Crippen molar-refractivity contribution >= 4 is 29.0 Å². The topological polar surface area (TPSA) is 37.3 Å². The van der Waals surface area contributed by atoms with Gasteiger partial charge in [-0.3, -0.25) is 4.79 Å². The molecule has 0 heterocycles. The summed E-state index contributed by atoms with van der Waals surface area (Å²) in [4.78, 5) is 11.1. The highest BCUT2D eigenvalue weighted by molar-refractivity contribution is 6.58. The first kappa shape index (κ1) is 13.5. The van der Waals surface area contributed by atoms with Gasteiger partial charge in [-0.1, -0.05) is 53.5 Å². The summed E-state index contributed by atoms with van der Waals surface area (Å²) in [6, 6.07) is 9.65. The van der Waals surface area contributed by atoms with Crippen LogP contribution in [0.2, 0.25) is 0 Å². The molecule has 2 nitrogen and oxygen atoms in total. The van der Waals surface area contributed by atoms with Crippen LogP contribution in [0.5, 0.6) is 0 Å². The smallest absolute Gasteiger partial charge is 0.201 e. The van der Waals surface area contributed by atoms with Gasteiger partial charge >= 0.3 is 0 Å². The zero-order valence-electron chi connectivity index (χ0n) is 8.99. The molecule has 0 spiro atoms. The number of aliphatic hydroxyl groups is 1. The Labute approximate surface area is 105 Å². The average Bonchev–Trinajstić information content (AvgIpc) is 2.27. The zero-order chi connectivity index (χ0) is 12.2. The summed E-state index contributed by atoms with van der Waals surface area (Å²) in [7, 11) is 0. The minimum atomic E-state index is -1.70. The van der Waals surface area contributed by atoms with Crippen molar-refractivity contribution < 1.29 is 9.90 Å². The van der Waals surface area contributed by atoms with Crippen molar-refractivity contribution in [3.8, 4) is 0 Å². The number of alkyl halides is 2. The van der Waals surface area contributed by atoms with Crippen LogP contribution in [0.3, 0.4) is 0 Å². The number of carbonyl (C=O) groups is 1. The fourth-order valence-corrected chi connectivity index (χ4v) is 1.58. The Morgan fingerprint density at radius 1 is 1.38 bits per heavy atom. The van der Waals surface area contributed by atoms with Gasteiger partial charge in [0.2, 0.25) is 4.33 Å². The van der Waals surface area contributed by atoms with E-state index < -0.39 is 16.2 Å². The molecule has 0 saturated heterocycles. The van der Waals surface area contributed by atoms with Gasteiger partial charge in [-0.05, 0) is 25.3 Å². The van der Waals surface area contributed by atoms with Gasteiger partial charge in [0.25, 0.3) is 0 Å². The molecule has 0 aliphatic rings. The summed E-state index contributed by atoms with van der Waals surface area (Å²) in [6.07, 6.45) is -0.0545. The molecule has 1 aromatic carbocycles. The van der Waals surface area contributed by atoms with E-state index in [1.807, 2.05) is 30.3 Å². The Bertz CT molecular complexity index is 349. The fraction of sp³-hybridized carbons (Fsp3) is 0.417. The summed E-state index contributed by atoms with van der Waals surface area (Å²) in [5.74, 6) is -0.434. The number of halogens is 2. The monoisotopic (exact) mass is 260 g/mol. The van der Waals surface area contributed by atoms with Crippen molar-refractivity contribution in [3.63, 3.8) is 0 Å². The Balaban J connectivity index is 2.53. The Morgan fingerprint density at radius 3 is 2.44 bits per heavy atom. The molecule has 1 atom stereocenters. The normalized spacial score (nSPS) is 13.5. The second kappa shape index (κ2) is 5.67. The van der Waals surface area contributed by atoms with E-state index in [-0.39, 0.29) is 0 Å². The Hall–Kier alpha value is -0.570. The van der Waals surface area contributed by atoms with Gasteiger partial charge in [-0.2, -0.15) is 0 Å². The third-order valence-electron chi connectivity index (χ3n) is 2.44. The predicted octanol–water partition coefficient (Wildman–Crippen LogP) is 2.74. The van der Waals surface area contributed by atoms with Crippen LogP contribution >= 0.6 is 23.2 Å². The van der Waals surface area contributed by atoms with E-state index >= 15 is 0 Å². The van der Waals surface area contributed by atoms with Crippen molar-refractivity contribution in [2.75, 3.05) is 0 Å². The molecule has 1 rings (SSSR count). The number of carbonyl (C=O) groups excluding carboxylic acids is 1. The van der Waals surface area contributed by atoms with Crippen molar-refractivity contribution in [2.45, 2.75) is 30.2 Å². The Morgan fingerprint density at radius 2 is 1.94 bits per heavy atom. The van der Waals surface area contributed by atoms with E-state index in [9.17, 15) is 9.90 Å². The van der Waals surface area contributed by atoms with Crippen LogP contribution in [0, 0.1) is 0 Å². The number of hydrogen-bond donors (Lipinski definition) is 1. The maximum atomic E-state index is 11.1. The Kier molecular flexibility index (Phi) is 4.78. The standard InChI is InChI=1S/C12H14Cl2O2/c1-9(15)12(13,14)11(16)8-7-10-5-3-2-4-6-10/h2-6,11,16H,7-8H2,1H3. The zero-order valence-corrected chi connectivity index (χ0v) is 10.5. The molecule has 0 amide bonds. The summed E-state index contributed by atoms with van der Waals surface area (Å²) in [5, 5.41) is 9.72. The molecule has 1 aromatic rings. The van der Waals surface area contributed by atoms with E-state index in [0.29, 0.717) is 12.8 Å². The number of benzene rings is 1. The van der Waals surface area contributed by atoms with Gasteiger partial charge in [0.15, 0.2) is 5.78 Å². The minimum absolute atomic E-state index is 0.358. The summed E-state index contributed by atoms with van der Waals surface area (Å²) in [5.41, 5.74) is 1.08. The van der Waals surface area contributed by atoms with Crippen LogP contribution in [0.4, 0.5) is 0 Å². The van der Waals surface area contributed by atoms with Crippen molar-refractivity contribution in [1.29, 1.82) is 0 Å². The summed E-state index contributed by atoms with van der Waals surface area (Å²) < 4.78 is -1.70. The molecule has 88 valence electrons. The summed E-state index contributed by atoms with van der Waals surface area (Å²) >= 11 is 11.5. The third-order valence-corrected chi connectivity index (χ3v) is 3.47. The molecule has 0 bridgehead atoms. The van der Waals surface area contributed by atoms with Gasteiger partial charge < -0.3 is 5.11 Å². The van der Waals surface area contributed by atoms with E-state index in [2.05, 4.69) is 0 Å². The van der Waals surface area contributed by atoms with Crippen molar-refractivity contribution in [1.82, 2.24) is 0 Å². The largest absolute Gasteiger partial charge is 0.389 e. The number of aryl methyl sites for hydroxylation is 1. The molecular formula is C12H14Cl2O2. The molecule has 4 heteroatoms. The number of rotatable bonds is 5. The van der Waals surface area contributed by atoms with Crippen molar-refractivity contribution in [3.05, 3.63) is 35.9 Å². The van der Waals surface area contributed by atoms with Crippen LogP contribution in [0.15, 0.2) is 30.3 Å². The maximum absolute atomic E-state index is 11.1. The van der Waals surface area contributed by atoms with Gasteiger partial charge in [-0.25, -0.2) is 0 Å². The fourth-order valence-electron chi connectivity index (χ4n) is 1.36. The second-order valence-corrected chi connectivity index (χ2v) is 5.11. The molecule has 0 radical (unpaired) electrons. The van der Waals surface area contributed by atoms with Crippen LogP contribution in [0.25, 0.3) is 0 Å². The number of ketones is 1. The lowest BCUT2D eigenvalue weighted by Gasteiger charge is -2.22. The number of hydrogen-bond acceptors (Lipinski definition) is 2. The first-order valence-corrected chi connectivity index (χ1v) is 5.81. The van der Waals surface area contributed by atoms with Gasteiger partial charge in [0.1, 0.15) is 0 Å². The molecule has 1 N–H and O–H groups in total. The van der Waals surface area contributed by atoms with Gasteiger partial charge in [0.05, 0.1) is 6.10 Å². The predicted molar refractivity (Wildman–Crippen MR) is 65.9 cm³/mol. The number of aliphatic hydroxyl groups excluding tert-OH is 1. The second-order valence-electron chi connectivity index (χ2n) is 3.72. The lowest BCUT2D eigenvalue weighted by Crippen LogP contribution is -2.38. The van der Waals surface area contributed by atoms with E-state index in [4.69, 9.17) is 23.2 Å². The van der Waals surface area contributed by atoms with Gasteiger partial charge in [0, 0.05) is 0 Å². The molecule has 0 aliphatic carbocycles. The molecule has 0 saturated carbocycles. The molecule has 0 aromatic heterocycles. The van der Waals surface area contributed by atoms with E-state index in [1.54, 1.807) is 0 Å². The molecular weight excluding hydrogens is 247 g/mol. The van der Waals surface area contributed by atoms with Crippen LogP contribution in [0.1, 0.15) is 18.9 Å². The minimum Gasteiger partial charge on any atom is -0.389 e. The lowest BCUT2D eigenvalue weighted by atomic mass is 10.0. The van der Waals surface area contributed by atoms with E-state index in [1.165, 1.54) is 6.92 Å². The van der Waals surface area contributed by atoms with E-state index in [0.717, 1.165) is 5.56 Å². The quantitative estimate of drug-likeness (QED) is 0.827.